The predicted octanol–water partition coefficient (Wildman–Crippen LogP) is 0.549. The fourth-order valence-corrected chi connectivity index (χ4v) is 2.08. The van der Waals surface area contributed by atoms with Crippen molar-refractivity contribution in [3.8, 4) is 0 Å². The van der Waals surface area contributed by atoms with Crippen molar-refractivity contribution in [1.82, 2.24) is 20.3 Å². The molecule has 0 bridgehead atoms. The van der Waals surface area contributed by atoms with Crippen molar-refractivity contribution in [3.63, 3.8) is 0 Å². The fraction of sp³-hybridized carbons (Fsp3) is 0.818. The Hall–Kier alpha value is -0.940. The van der Waals surface area contributed by atoms with E-state index in [0.717, 1.165) is 31.1 Å². The maximum absolute atomic E-state index is 8.70. The van der Waals surface area contributed by atoms with Crippen LogP contribution in [0.3, 0.4) is 0 Å². The lowest BCUT2D eigenvalue weighted by molar-refractivity contribution is 0.239. The van der Waals surface area contributed by atoms with Crippen molar-refractivity contribution in [2.24, 2.45) is 5.92 Å². The average molecular weight is 224 g/mol. The molecule has 1 fully saturated rings. The third-order valence-electron chi connectivity index (χ3n) is 3.08. The van der Waals surface area contributed by atoms with Gasteiger partial charge in [-0.3, -0.25) is 4.68 Å². The smallest absolute Gasteiger partial charge is 0.0964 e. The molecule has 1 heterocycles. The van der Waals surface area contributed by atoms with Crippen molar-refractivity contribution in [3.05, 3.63) is 11.9 Å². The van der Waals surface area contributed by atoms with E-state index in [1.54, 1.807) is 4.68 Å². The third-order valence-corrected chi connectivity index (χ3v) is 3.08. The maximum atomic E-state index is 8.70. The molecule has 0 atom stereocenters. The Labute approximate surface area is 95.8 Å². The number of nitrogens with one attached hydrogen (secondary N) is 1. The molecule has 0 aromatic carbocycles. The Bertz CT molecular complexity index is 320. The first-order valence-corrected chi connectivity index (χ1v) is 6.01. The minimum absolute atomic E-state index is 0.202. The number of aryl methyl sites for hydroxylation is 1. The molecule has 2 N–H and O–H groups in total. The summed E-state index contributed by atoms with van der Waals surface area (Å²) in [5.74, 6) is 0.873. The van der Waals surface area contributed by atoms with Crippen molar-refractivity contribution in [1.29, 1.82) is 0 Å². The van der Waals surface area contributed by atoms with Crippen molar-refractivity contribution in [2.75, 3.05) is 6.61 Å². The highest BCUT2D eigenvalue weighted by molar-refractivity contribution is 4.93. The zero-order valence-corrected chi connectivity index (χ0v) is 9.76. The van der Waals surface area contributed by atoms with Crippen LogP contribution in [-0.4, -0.2) is 32.7 Å². The molecule has 1 aromatic rings. The molecular formula is C11H20N4O. The molecule has 0 unspecified atom stereocenters. The maximum Gasteiger partial charge on any atom is 0.0964 e. The monoisotopic (exact) mass is 224 g/mol. The van der Waals surface area contributed by atoms with Crippen LogP contribution in [0.5, 0.6) is 0 Å². The van der Waals surface area contributed by atoms with E-state index in [2.05, 4.69) is 22.6 Å². The van der Waals surface area contributed by atoms with E-state index in [0.29, 0.717) is 6.04 Å². The summed E-state index contributed by atoms with van der Waals surface area (Å²) in [6, 6.07) is 0.664. The third kappa shape index (κ3) is 3.02. The van der Waals surface area contributed by atoms with Crippen LogP contribution < -0.4 is 5.32 Å². The van der Waals surface area contributed by atoms with Gasteiger partial charge in [-0.2, -0.15) is 0 Å². The molecule has 5 heteroatoms. The predicted molar refractivity (Wildman–Crippen MR) is 60.8 cm³/mol. The standard InChI is InChI=1S/C11H20N4O/c1-9-5-10(6-9)12-7-11-8-15(14-13-11)3-2-4-16/h8-10,12,16H,2-7H2,1H3. The molecule has 1 saturated carbocycles. The summed E-state index contributed by atoms with van der Waals surface area (Å²) in [5.41, 5.74) is 0.984. The molecule has 16 heavy (non-hydrogen) atoms. The molecule has 0 spiro atoms. The van der Waals surface area contributed by atoms with Gasteiger partial charge in [-0.15, -0.1) is 5.10 Å². The van der Waals surface area contributed by atoms with Gasteiger partial charge in [0.25, 0.3) is 0 Å². The van der Waals surface area contributed by atoms with Crippen LogP contribution in [0, 0.1) is 5.92 Å². The van der Waals surface area contributed by atoms with Crippen LogP contribution >= 0.6 is 0 Å². The van der Waals surface area contributed by atoms with Gasteiger partial charge >= 0.3 is 0 Å². The SMILES string of the molecule is CC1CC(NCc2cn(CCCO)nn2)C1. The van der Waals surface area contributed by atoms with E-state index in [1.807, 2.05) is 6.20 Å². The van der Waals surface area contributed by atoms with Crippen molar-refractivity contribution >= 4 is 0 Å². The lowest BCUT2D eigenvalue weighted by Gasteiger charge is -2.33. The molecule has 1 aliphatic carbocycles. The van der Waals surface area contributed by atoms with Gasteiger partial charge in [-0.1, -0.05) is 12.1 Å². The molecule has 0 saturated heterocycles. The largest absolute Gasteiger partial charge is 0.396 e. The number of aliphatic hydroxyl groups excluding tert-OH is 1. The molecule has 2 rings (SSSR count). The van der Waals surface area contributed by atoms with E-state index >= 15 is 0 Å². The minimum atomic E-state index is 0.202. The molecule has 5 nitrogen and oxygen atoms in total. The molecule has 0 amide bonds. The first kappa shape index (κ1) is 11.5. The van der Waals surface area contributed by atoms with Crippen LogP contribution in [0.4, 0.5) is 0 Å². The quantitative estimate of drug-likeness (QED) is 0.740. The molecule has 0 radical (unpaired) electrons. The van der Waals surface area contributed by atoms with Gasteiger partial charge in [0.15, 0.2) is 0 Å². The Morgan fingerprint density at radius 1 is 1.56 bits per heavy atom. The molecular weight excluding hydrogens is 204 g/mol. The van der Waals surface area contributed by atoms with E-state index in [9.17, 15) is 0 Å². The number of aromatic nitrogens is 3. The zero-order valence-electron chi connectivity index (χ0n) is 9.76. The fourth-order valence-electron chi connectivity index (χ4n) is 2.08. The van der Waals surface area contributed by atoms with Gasteiger partial charge in [0.2, 0.25) is 0 Å². The van der Waals surface area contributed by atoms with Gasteiger partial charge in [-0.25, -0.2) is 0 Å². The van der Waals surface area contributed by atoms with Crippen LogP contribution in [0.1, 0.15) is 31.9 Å². The number of rotatable bonds is 6. The normalized spacial score (nSPS) is 24.4. The number of nitrogens with zero attached hydrogens (tertiary/aromatic N) is 3. The summed E-state index contributed by atoms with van der Waals surface area (Å²) >= 11 is 0. The topological polar surface area (TPSA) is 63.0 Å². The highest BCUT2D eigenvalue weighted by Gasteiger charge is 2.24. The summed E-state index contributed by atoms with van der Waals surface area (Å²) in [6.45, 7) is 4.03. The Kier molecular flexibility index (Phi) is 3.90. The van der Waals surface area contributed by atoms with Crippen LogP contribution in [0.2, 0.25) is 0 Å². The van der Waals surface area contributed by atoms with E-state index in [1.165, 1.54) is 12.8 Å². The number of hydrogen-bond donors (Lipinski definition) is 2. The lowest BCUT2D eigenvalue weighted by atomic mass is 9.82. The van der Waals surface area contributed by atoms with Gasteiger partial charge < -0.3 is 10.4 Å². The van der Waals surface area contributed by atoms with Crippen LogP contribution in [-0.2, 0) is 13.1 Å². The molecule has 90 valence electrons. The van der Waals surface area contributed by atoms with Crippen LogP contribution in [0.15, 0.2) is 6.20 Å². The average Bonchev–Trinajstić information content (AvgIpc) is 2.68. The molecule has 1 aromatic heterocycles. The Morgan fingerprint density at radius 2 is 2.38 bits per heavy atom. The lowest BCUT2D eigenvalue weighted by Crippen LogP contribution is -2.39. The highest BCUT2D eigenvalue weighted by Crippen LogP contribution is 2.26. The van der Waals surface area contributed by atoms with E-state index < -0.39 is 0 Å². The highest BCUT2D eigenvalue weighted by atomic mass is 16.3. The van der Waals surface area contributed by atoms with Crippen molar-refractivity contribution < 1.29 is 5.11 Å². The van der Waals surface area contributed by atoms with E-state index in [4.69, 9.17) is 5.11 Å². The van der Waals surface area contributed by atoms with Crippen molar-refractivity contribution in [2.45, 2.75) is 45.3 Å². The minimum Gasteiger partial charge on any atom is -0.396 e. The number of hydrogen-bond acceptors (Lipinski definition) is 4. The summed E-state index contributed by atoms with van der Waals surface area (Å²) in [4.78, 5) is 0. The number of aliphatic hydroxyl groups is 1. The summed E-state index contributed by atoms with van der Waals surface area (Å²) < 4.78 is 1.79. The van der Waals surface area contributed by atoms with Gasteiger partial charge in [-0.05, 0) is 25.2 Å². The first-order chi connectivity index (χ1) is 7.78. The Balaban J connectivity index is 1.70. The second kappa shape index (κ2) is 5.41. The summed E-state index contributed by atoms with van der Waals surface area (Å²) in [6.07, 6.45) is 5.23. The van der Waals surface area contributed by atoms with E-state index in [-0.39, 0.29) is 6.61 Å². The summed E-state index contributed by atoms with van der Waals surface area (Å²) in [5, 5.41) is 20.3. The van der Waals surface area contributed by atoms with Crippen LogP contribution in [0.25, 0.3) is 0 Å². The van der Waals surface area contributed by atoms with Gasteiger partial charge in [0.1, 0.15) is 0 Å². The van der Waals surface area contributed by atoms with Gasteiger partial charge in [0, 0.05) is 31.9 Å². The zero-order chi connectivity index (χ0) is 11.4. The van der Waals surface area contributed by atoms with Gasteiger partial charge in [0.05, 0.1) is 5.69 Å². The Morgan fingerprint density at radius 3 is 3.06 bits per heavy atom. The molecule has 0 aliphatic heterocycles. The summed E-state index contributed by atoms with van der Waals surface area (Å²) in [7, 11) is 0. The second-order valence-corrected chi connectivity index (χ2v) is 4.70. The second-order valence-electron chi connectivity index (χ2n) is 4.70. The first-order valence-electron chi connectivity index (χ1n) is 6.01. The molecule has 1 aliphatic rings.